The average Bonchev–Trinajstić information content (AvgIpc) is 3.53. The third-order valence-corrected chi connectivity index (χ3v) is 14.9. The van der Waals surface area contributed by atoms with Crippen LogP contribution in [0.15, 0.2) is 68.3 Å². The number of fused-ring (bicyclic) bond motifs is 5. The molecule has 4 unspecified atom stereocenters. The van der Waals surface area contributed by atoms with Gasteiger partial charge in [-0.15, -0.1) is 19.7 Å². The second-order valence-electron chi connectivity index (χ2n) is 17.9. The molecule has 0 aliphatic heterocycles. The molecule has 5 rings (SSSR count). The van der Waals surface area contributed by atoms with E-state index in [1.165, 1.54) is 56.9 Å². The molecule has 1 aromatic rings. The van der Waals surface area contributed by atoms with Gasteiger partial charge in [-0.25, -0.2) is 0 Å². The van der Waals surface area contributed by atoms with Crippen LogP contribution in [0.3, 0.4) is 0 Å². The number of hydrogen-bond donors (Lipinski definition) is 0. The van der Waals surface area contributed by atoms with Crippen molar-refractivity contribution in [3.8, 4) is 0 Å². The van der Waals surface area contributed by atoms with Gasteiger partial charge in [0.05, 0.1) is 38.1 Å². The Kier molecular flexibility index (Phi) is 15.9. The molecule has 53 heavy (non-hydrogen) atoms. The number of carbonyl (C=O) groups excluding carboxylic acids is 1. The summed E-state index contributed by atoms with van der Waals surface area (Å²) in [5.41, 5.74) is 1.50. The fraction of sp³-hybridized carbons (Fsp3) is 0.729. The molecule has 1 aromatic carbocycles. The van der Waals surface area contributed by atoms with Crippen LogP contribution in [0.1, 0.15) is 130 Å². The first-order valence-electron chi connectivity index (χ1n) is 21.7. The minimum absolute atomic E-state index is 0.0259. The van der Waals surface area contributed by atoms with E-state index in [0.717, 1.165) is 45.1 Å². The molecule has 4 aliphatic carbocycles. The number of amides is 1. The molecule has 0 bridgehead atoms. The lowest BCUT2D eigenvalue weighted by molar-refractivity contribution is -0.223. The Bertz CT molecular complexity index is 1300. The summed E-state index contributed by atoms with van der Waals surface area (Å²) >= 11 is 0. The highest BCUT2D eigenvalue weighted by atomic mass is 16.5. The second-order valence-corrected chi connectivity index (χ2v) is 17.9. The molecular weight excluding hydrogens is 655 g/mol. The fourth-order valence-corrected chi connectivity index (χ4v) is 12.1. The van der Waals surface area contributed by atoms with Crippen molar-refractivity contribution >= 4 is 5.91 Å². The van der Waals surface area contributed by atoms with Gasteiger partial charge >= 0.3 is 0 Å². The number of unbranched alkanes of at least 4 members (excludes halogenated alkanes) is 5. The topological polar surface area (TPSA) is 48.0 Å². The molecule has 0 saturated heterocycles. The molecule has 4 saturated carbocycles. The van der Waals surface area contributed by atoms with Crippen molar-refractivity contribution in [2.24, 2.45) is 46.3 Å². The molecule has 5 heteroatoms. The van der Waals surface area contributed by atoms with Crippen molar-refractivity contribution in [3.05, 3.63) is 73.9 Å². The van der Waals surface area contributed by atoms with Crippen LogP contribution < -0.4 is 0 Å². The van der Waals surface area contributed by atoms with Gasteiger partial charge in [-0.3, -0.25) is 4.79 Å². The van der Waals surface area contributed by atoms with Crippen molar-refractivity contribution < 1.29 is 19.0 Å². The summed E-state index contributed by atoms with van der Waals surface area (Å²) in [6.07, 6.45) is 23.4. The first kappa shape index (κ1) is 41.9. The van der Waals surface area contributed by atoms with E-state index in [1.54, 1.807) is 0 Å². The fourth-order valence-electron chi connectivity index (χ4n) is 12.1. The quantitative estimate of drug-likeness (QED) is 0.0881. The zero-order chi connectivity index (χ0) is 37.8. The molecule has 0 radical (unpaired) electrons. The van der Waals surface area contributed by atoms with Gasteiger partial charge in [0, 0.05) is 24.9 Å². The molecule has 0 N–H and O–H groups in total. The molecule has 1 amide bonds. The Hall–Kier alpha value is -2.21. The van der Waals surface area contributed by atoms with E-state index in [-0.39, 0.29) is 23.0 Å². The van der Waals surface area contributed by atoms with Crippen LogP contribution in [0.2, 0.25) is 0 Å². The average molecular weight is 730 g/mol. The summed E-state index contributed by atoms with van der Waals surface area (Å²) in [7, 11) is 0. The summed E-state index contributed by atoms with van der Waals surface area (Å²) in [5, 5.41) is 0. The van der Waals surface area contributed by atoms with E-state index in [0.29, 0.717) is 80.3 Å². The minimum atomic E-state index is 0.0259. The maximum absolute atomic E-state index is 14.0. The van der Waals surface area contributed by atoms with Crippen molar-refractivity contribution in [2.45, 2.75) is 149 Å². The van der Waals surface area contributed by atoms with Crippen molar-refractivity contribution in [3.63, 3.8) is 0 Å². The molecule has 5 nitrogen and oxygen atoms in total. The van der Waals surface area contributed by atoms with Gasteiger partial charge in [0.25, 0.3) is 0 Å². The van der Waals surface area contributed by atoms with Crippen molar-refractivity contribution in [2.75, 3.05) is 26.4 Å². The van der Waals surface area contributed by atoms with Gasteiger partial charge in [-0.2, -0.15) is 0 Å². The molecule has 11 atom stereocenters. The van der Waals surface area contributed by atoms with E-state index in [9.17, 15) is 4.79 Å². The van der Waals surface area contributed by atoms with Crippen LogP contribution in [0.4, 0.5) is 0 Å². The van der Waals surface area contributed by atoms with Crippen molar-refractivity contribution in [1.82, 2.24) is 4.90 Å². The van der Waals surface area contributed by atoms with Gasteiger partial charge < -0.3 is 19.1 Å². The number of ether oxygens (including phenoxy) is 3. The largest absolute Gasteiger partial charge is 0.374 e. The van der Waals surface area contributed by atoms with Gasteiger partial charge in [0.1, 0.15) is 0 Å². The lowest BCUT2D eigenvalue weighted by Gasteiger charge is -2.64. The maximum Gasteiger partial charge on any atom is 0.222 e. The van der Waals surface area contributed by atoms with Crippen LogP contribution in [0.25, 0.3) is 0 Å². The molecule has 296 valence electrons. The minimum Gasteiger partial charge on any atom is -0.374 e. The Morgan fingerprint density at radius 1 is 0.868 bits per heavy atom. The van der Waals surface area contributed by atoms with Crippen LogP contribution in [0, 0.1) is 46.3 Å². The van der Waals surface area contributed by atoms with E-state index in [2.05, 4.69) is 82.7 Å². The summed E-state index contributed by atoms with van der Waals surface area (Å²) in [4.78, 5) is 16.2. The Morgan fingerprint density at radius 2 is 1.57 bits per heavy atom. The van der Waals surface area contributed by atoms with Gasteiger partial charge in [0.15, 0.2) is 0 Å². The Balaban J connectivity index is 1.32. The third-order valence-electron chi connectivity index (χ3n) is 14.9. The molecule has 0 spiro atoms. The van der Waals surface area contributed by atoms with Gasteiger partial charge in [-0.05, 0) is 104 Å². The zero-order valence-electron chi connectivity index (χ0n) is 34.2. The normalized spacial score (nSPS) is 34.0. The zero-order valence-corrected chi connectivity index (χ0v) is 34.2. The first-order valence-corrected chi connectivity index (χ1v) is 21.7. The van der Waals surface area contributed by atoms with E-state index in [4.69, 9.17) is 14.2 Å². The van der Waals surface area contributed by atoms with E-state index < -0.39 is 0 Å². The van der Waals surface area contributed by atoms with E-state index in [1.807, 2.05) is 18.2 Å². The number of benzene rings is 1. The molecular formula is C48H75NO4. The lowest BCUT2D eigenvalue weighted by Crippen LogP contribution is -2.63. The number of hydrogen-bond acceptors (Lipinski definition) is 4. The van der Waals surface area contributed by atoms with Gasteiger partial charge in [-0.1, -0.05) is 108 Å². The monoisotopic (exact) mass is 730 g/mol. The predicted molar refractivity (Wildman–Crippen MR) is 219 cm³/mol. The maximum atomic E-state index is 14.0. The first-order chi connectivity index (χ1) is 25.7. The predicted octanol–water partition coefficient (Wildman–Crippen LogP) is 11.4. The molecule has 4 fully saturated rings. The highest BCUT2D eigenvalue weighted by Gasteiger charge is 2.66. The Labute approximate surface area is 324 Å². The van der Waals surface area contributed by atoms with Crippen LogP contribution >= 0.6 is 0 Å². The van der Waals surface area contributed by atoms with Crippen molar-refractivity contribution in [1.29, 1.82) is 0 Å². The third kappa shape index (κ3) is 9.79. The summed E-state index contributed by atoms with van der Waals surface area (Å²) in [6, 6.07) is 10.6. The molecule has 4 aliphatic rings. The highest BCUT2D eigenvalue weighted by Crippen LogP contribution is 2.69. The highest BCUT2D eigenvalue weighted by molar-refractivity contribution is 5.76. The second kappa shape index (κ2) is 20.1. The molecule has 0 aromatic heterocycles. The van der Waals surface area contributed by atoms with Crippen LogP contribution in [0.5, 0.6) is 0 Å². The van der Waals surface area contributed by atoms with Crippen LogP contribution in [-0.4, -0.2) is 55.5 Å². The number of nitrogens with zero attached hydrogens (tertiary/aromatic N) is 1. The lowest BCUT2D eigenvalue weighted by atomic mass is 9.43. The molecule has 0 heterocycles. The number of carbonyl (C=O) groups is 1. The smallest absolute Gasteiger partial charge is 0.222 e. The summed E-state index contributed by atoms with van der Waals surface area (Å²) in [5.74, 6) is 3.42. The van der Waals surface area contributed by atoms with Gasteiger partial charge in [0.2, 0.25) is 5.91 Å². The SMILES string of the molecule is C=CCOC1CC2C[C@H](OCC=C)CC[C@]2(C)[C@H]2C[C@H](OCC=C)[C@]3(C)[C@@H](C(C)CCC(=O)N(CCCCCCCC)Cc4ccccc4)CC[C@H]3C12. The number of rotatable bonds is 22. The summed E-state index contributed by atoms with van der Waals surface area (Å²) in [6.45, 7) is 25.3. The standard InChI is InChI=1S/C48H75NO4/c1-8-12-13-14-15-19-28-49(35-37-20-17-16-18-21-37)45(50)25-22-36(5)40-23-24-41-46-42(34-44(48(40,41)7)53-31-11-4)47(6)27-26-39(51-29-9-2)32-38(47)33-43(46)52-30-10-3/h9-11,16-18,20-21,36,38-44,46H,2-4,8,12-15,19,22-35H2,1,5-7H3/t36?,38?,39-,40-,41+,42+,43?,44+,46?,47+,48-/m1/s1. The Morgan fingerprint density at radius 3 is 2.30 bits per heavy atom. The van der Waals surface area contributed by atoms with E-state index >= 15 is 0 Å². The van der Waals surface area contributed by atoms with Crippen LogP contribution in [-0.2, 0) is 25.5 Å². The summed E-state index contributed by atoms with van der Waals surface area (Å²) < 4.78 is 20.0.